The van der Waals surface area contributed by atoms with Crippen molar-refractivity contribution in [3.05, 3.63) is 41.7 Å². The Kier molecular flexibility index (Phi) is 5.47. The van der Waals surface area contributed by atoms with E-state index < -0.39 is 36.1 Å². The molecule has 0 spiro atoms. The smallest absolute Gasteiger partial charge is 0.435 e. The Morgan fingerprint density at radius 2 is 1.85 bits per heavy atom. The number of rotatable bonds is 5. The predicted molar refractivity (Wildman–Crippen MR) is 78.5 cm³/mol. The fourth-order valence-electron chi connectivity index (χ4n) is 2.02. The third kappa shape index (κ3) is 4.90. The molecule has 0 bridgehead atoms. The first-order valence-corrected chi connectivity index (χ1v) is 7.25. The van der Waals surface area contributed by atoms with Crippen molar-refractivity contribution >= 4 is 11.6 Å². The van der Waals surface area contributed by atoms with E-state index in [-0.39, 0.29) is 18.0 Å². The number of anilines is 1. The minimum Gasteiger partial charge on any atom is -0.492 e. The van der Waals surface area contributed by atoms with Gasteiger partial charge in [-0.15, -0.1) is 0 Å². The molecule has 0 aliphatic rings. The second kappa shape index (κ2) is 7.26. The van der Waals surface area contributed by atoms with Gasteiger partial charge >= 0.3 is 12.4 Å². The predicted octanol–water partition coefficient (Wildman–Crippen LogP) is 3.96. The van der Waals surface area contributed by atoms with Crippen LogP contribution in [0, 0.1) is 0 Å². The molecule has 0 atom stereocenters. The Hall–Kier alpha value is -2.72. The van der Waals surface area contributed by atoms with Crippen molar-refractivity contribution in [1.29, 1.82) is 0 Å². The van der Waals surface area contributed by atoms with Gasteiger partial charge in [-0.3, -0.25) is 9.48 Å². The third-order valence-corrected chi connectivity index (χ3v) is 3.12. The average Bonchev–Trinajstić information content (AvgIpc) is 2.96. The first-order valence-electron chi connectivity index (χ1n) is 7.25. The highest BCUT2D eigenvalue weighted by Gasteiger charge is 2.34. The normalized spacial score (nSPS) is 12.1. The number of amides is 1. The fraction of sp³-hybridized carbons (Fsp3) is 0.333. The van der Waals surface area contributed by atoms with Gasteiger partial charge in [-0.2, -0.15) is 31.4 Å². The van der Waals surface area contributed by atoms with Gasteiger partial charge in [0.1, 0.15) is 12.3 Å². The van der Waals surface area contributed by atoms with E-state index in [0.717, 1.165) is 23.0 Å². The van der Waals surface area contributed by atoms with E-state index in [0.29, 0.717) is 12.1 Å². The lowest BCUT2D eigenvalue weighted by Gasteiger charge is -2.14. The van der Waals surface area contributed by atoms with Gasteiger partial charge in [-0.1, -0.05) is 0 Å². The Labute approximate surface area is 143 Å². The van der Waals surface area contributed by atoms with Crippen molar-refractivity contribution in [2.24, 2.45) is 0 Å². The molecule has 0 saturated heterocycles. The molecule has 1 heterocycles. The van der Waals surface area contributed by atoms with Crippen LogP contribution in [0.3, 0.4) is 0 Å². The highest BCUT2D eigenvalue weighted by molar-refractivity contribution is 5.92. The van der Waals surface area contributed by atoms with Crippen LogP contribution in [0.25, 0.3) is 0 Å². The van der Waals surface area contributed by atoms with Crippen LogP contribution in [-0.2, 0) is 23.7 Å². The van der Waals surface area contributed by atoms with Crippen LogP contribution in [0.4, 0.5) is 32.0 Å². The number of carbonyl (C=O) groups is 1. The molecule has 0 radical (unpaired) electrons. The lowest BCUT2D eigenvalue weighted by molar-refractivity contribution is -0.141. The van der Waals surface area contributed by atoms with E-state index in [9.17, 15) is 31.1 Å². The molecule has 0 fully saturated rings. The second-order valence-electron chi connectivity index (χ2n) is 5.09. The van der Waals surface area contributed by atoms with Crippen LogP contribution in [0.5, 0.6) is 5.75 Å². The minimum absolute atomic E-state index is 0.00490. The van der Waals surface area contributed by atoms with Gasteiger partial charge in [0.25, 0.3) is 0 Å². The summed E-state index contributed by atoms with van der Waals surface area (Å²) in [5.74, 6) is -0.854. The maximum Gasteiger partial charge on any atom is 0.435 e. The third-order valence-electron chi connectivity index (χ3n) is 3.12. The Morgan fingerprint density at radius 3 is 2.38 bits per heavy atom. The molecule has 1 aromatic carbocycles. The van der Waals surface area contributed by atoms with Crippen LogP contribution >= 0.6 is 0 Å². The quantitative estimate of drug-likeness (QED) is 0.798. The largest absolute Gasteiger partial charge is 0.492 e. The zero-order chi connectivity index (χ0) is 19.5. The number of hydrogen-bond donors (Lipinski definition) is 1. The number of alkyl halides is 6. The molecule has 0 saturated carbocycles. The van der Waals surface area contributed by atoms with E-state index in [2.05, 4.69) is 10.4 Å². The SMILES string of the molecule is CCOc1ccc(C(F)(F)F)cc1NC(=O)Cn1ccc(C(F)(F)F)n1. The summed E-state index contributed by atoms with van der Waals surface area (Å²) >= 11 is 0. The van der Waals surface area contributed by atoms with Gasteiger partial charge < -0.3 is 10.1 Å². The molecule has 26 heavy (non-hydrogen) atoms. The van der Waals surface area contributed by atoms with E-state index >= 15 is 0 Å². The van der Waals surface area contributed by atoms with E-state index in [1.54, 1.807) is 6.92 Å². The number of hydrogen-bond acceptors (Lipinski definition) is 3. The second-order valence-corrected chi connectivity index (χ2v) is 5.09. The molecule has 5 nitrogen and oxygen atoms in total. The first kappa shape index (κ1) is 19.6. The van der Waals surface area contributed by atoms with Crippen molar-refractivity contribution in [2.45, 2.75) is 25.8 Å². The zero-order valence-electron chi connectivity index (χ0n) is 13.3. The summed E-state index contributed by atoms with van der Waals surface area (Å²) < 4.78 is 81.7. The molecule has 1 N–H and O–H groups in total. The van der Waals surface area contributed by atoms with Crippen molar-refractivity contribution in [2.75, 3.05) is 11.9 Å². The summed E-state index contributed by atoms with van der Waals surface area (Å²) in [5.41, 5.74) is -2.43. The van der Waals surface area contributed by atoms with Crippen LogP contribution in [0.1, 0.15) is 18.2 Å². The molecule has 0 aliphatic carbocycles. The molecule has 2 aromatic rings. The van der Waals surface area contributed by atoms with Crippen molar-refractivity contribution in [1.82, 2.24) is 9.78 Å². The monoisotopic (exact) mass is 381 g/mol. The minimum atomic E-state index is -4.66. The highest BCUT2D eigenvalue weighted by Crippen LogP contribution is 2.35. The number of aromatic nitrogens is 2. The molecular formula is C15H13F6N3O2. The standard InChI is InChI=1S/C15H13F6N3O2/c1-2-26-11-4-3-9(14(16,17)18)7-10(11)22-13(25)8-24-6-5-12(23-24)15(19,20)21/h3-7H,2,8H2,1H3,(H,22,25). The molecule has 1 aromatic heterocycles. The van der Waals surface area contributed by atoms with Gasteiger partial charge in [0, 0.05) is 6.20 Å². The van der Waals surface area contributed by atoms with Gasteiger partial charge in [0.05, 0.1) is 17.9 Å². The van der Waals surface area contributed by atoms with Crippen molar-refractivity contribution in [3.8, 4) is 5.75 Å². The number of benzene rings is 1. The van der Waals surface area contributed by atoms with E-state index in [1.165, 1.54) is 0 Å². The summed E-state index contributed by atoms with van der Waals surface area (Å²) in [7, 11) is 0. The summed E-state index contributed by atoms with van der Waals surface area (Å²) in [5, 5.41) is 5.40. The Bertz CT molecular complexity index is 782. The number of carbonyl (C=O) groups excluding carboxylic acids is 1. The highest BCUT2D eigenvalue weighted by atomic mass is 19.4. The Balaban J connectivity index is 2.18. The summed E-state index contributed by atoms with van der Waals surface area (Å²) in [6.07, 6.45) is -8.35. The maximum absolute atomic E-state index is 12.8. The van der Waals surface area contributed by atoms with Crippen molar-refractivity contribution in [3.63, 3.8) is 0 Å². The Morgan fingerprint density at radius 1 is 1.15 bits per heavy atom. The lowest BCUT2D eigenvalue weighted by Crippen LogP contribution is -2.20. The van der Waals surface area contributed by atoms with E-state index in [1.807, 2.05) is 0 Å². The lowest BCUT2D eigenvalue weighted by atomic mass is 10.1. The van der Waals surface area contributed by atoms with Crippen LogP contribution in [-0.4, -0.2) is 22.3 Å². The fourth-order valence-corrected chi connectivity index (χ4v) is 2.02. The number of halogens is 6. The molecule has 1 amide bonds. The number of nitrogens with one attached hydrogen (secondary N) is 1. The molecular weight excluding hydrogens is 368 g/mol. The van der Waals surface area contributed by atoms with Crippen LogP contribution in [0.2, 0.25) is 0 Å². The molecule has 11 heteroatoms. The first-order chi connectivity index (χ1) is 12.0. The average molecular weight is 381 g/mol. The molecule has 0 unspecified atom stereocenters. The molecule has 142 valence electrons. The summed E-state index contributed by atoms with van der Waals surface area (Å²) in [6, 6.07) is 3.22. The van der Waals surface area contributed by atoms with E-state index in [4.69, 9.17) is 4.74 Å². The van der Waals surface area contributed by atoms with Crippen molar-refractivity contribution < 1.29 is 35.9 Å². The number of nitrogens with zero attached hydrogens (tertiary/aromatic N) is 2. The van der Waals surface area contributed by atoms with Gasteiger partial charge in [-0.25, -0.2) is 0 Å². The van der Waals surface area contributed by atoms with Crippen LogP contribution < -0.4 is 10.1 Å². The summed E-state index contributed by atoms with van der Waals surface area (Å²) in [6.45, 7) is 1.13. The summed E-state index contributed by atoms with van der Waals surface area (Å²) in [4.78, 5) is 12.0. The topological polar surface area (TPSA) is 56.1 Å². The molecule has 0 aliphatic heterocycles. The maximum atomic E-state index is 12.8. The molecule has 2 rings (SSSR count). The van der Waals surface area contributed by atoms with Crippen LogP contribution in [0.15, 0.2) is 30.5 Å². The van der Waals surface area contributed by atoms with Gasteiger partial charge in [0.2, 0.25) is 5.91 Å². The van der Waals surface area contributed by atoms with Gasteiger partial charge in [-0.05, 0) is 31.2 Å². The number of ether oxygens (including phenoxy) is 1. The zero-order valence-corrected chi connectivity index (χ0v) is 13.3. The van der Waals surface area contributed by atoms with Gasteiger partial charge in [0.15, 0.2) is 5.69 Å².